The molecule has 17 heavy (non-hydrogen) atoms. The largest absolute Gasteiger partial charge is 0.377 e. The van der Waals surface area contributed by atoms with E-state index in [9.17, 15) is 4.79 Å². The van der Waals surface area contributed by atoms with Crippen LogP contribution in [0.2, 0.25) is 0 Å². The normalized spacial score (nSPS) is 10.7. The van der Waals surface area contributed by atoms with Crippen LogP contribution < -0.4 is 0 Å². The number of carbonyl (C=O) groups is 1. The van der Waals surface area contributed by atoms with Crippen LogP contribution >= 0.6 is 27.3 Å². The molecular weight excluding hydrogens is 308 g/mol. The molecule has 90 valence electrons. The Morgan fingerprint density at radius 3 is 3.12 bits per heavy atom. The predicted octanol–water partition coefficient (Wildman–Crippen LogP) is 2.32. The van der Waals surface area contributed by atoms with Crippen LogP contribution in [-0.4, -0.2) is 29.6 Å². The highest BCUT2D eigenvalue weighted by atomic mass is 79.9. The van der Waals surface area contributed by atoms with Crippen LogP contribution in [0.1, 0.15) is 5.89 Å². The van der Waals surface area contributed by atoms with Crippen LogP contribution in [0, 0.1) is 0 Å². The van der Waals surface area contributed by atoms with Crippen LogP contribution in [0.25, 0.3) is 10.7 Å². The Morgan fingerprint density at radius 1 is 1.65 bits per heavy atom. The number of nitrogens with zero attached hydrogens (tertiary/aromatic N) is 2. The van der Waals surface area contributed by atoms with Gasteiger partial charge in [-0.1, -0.05) is 5.16 Å². The average molecular weight is 317 g/mol. The van der Waals surface area contributed by atoms with Gasteiger partial charge in [0.1, 0.15) is 6.61 Å². The number of halogens is 1. The first-order valence-electron chi connectivity index (χ1n) is 4.76. The fraction of sp³-hybridized carbons (Fsp3) is 0.300. The van der Waals surface area contributed by atoms with E-state index in [1.165, 1.54) is 18.4 Å². The van der Waals surface area contributed by atoms with Gasteiger partial charge in [0.2, 0.25) is 11.7 Å². The van der Waals surface area contributed by atoms with Crippen molar-refractivity contribution in [3.05, 3.63) is 21.8 Å². The van der Waals surface area contributed by atoms with Crippen molar-refractivity contribution >= 4 is 33.0 Å². The zero-order valence-corrected chi connectivity index (χ0v) is 11.4. The molecule has 2 heterocycles. The molecule has 0 spiro atoms. The number of thiophene rings is 1. The molecule has 7 heteroatoms. The third-order valence-electron chi connectivity index (χ3n) is 1.91. The Bertz CT molecular complexity index is 523. The van der Waals surface area contributed by atoms with Gasteiger partial charge in [-0.2, -0.15) is 4.98 Å². The van der Waals surface area contributed by atoms with E-state index in [1.54, 1.807) is 0 Å². The highest BCUT2D eigenvalue weighted by Crippen LogP contribution is 2.27. The van der Waals surface area contributed by atoms with Crippen LogP contribution in [0.4, 0.5) is 0 Å². The number of hydrogen-bond acceptors (Lipinski definition) is 6. The smallest absolute Gasteiger partial charge is 0.234 e. The Labute approximate surface area is 110 Å². The van der Waals surface area contributed by atoms with Crippen molar-refractivity contribution in [3.8, 4) is 10.7 Å². The molecule has 0 fully saturated rings. The second-order valence-corrected chi connectivity index (χ2v) is 5.12. The summed E-state index contributed by atoms with van der Waals surface area (Å²) in [5.41, 5.74) is 0. The highest BCUT2D eigenvalue weighted by Gasteiger charge is 2.13. The molecule has 0 atom stereocenters. The van der Waals surface area contributed by atoms with Gasteiger partial charge in [-0.3, -0.25) is 4.79 Å². The Hall–Kier alpha value is -1.05. The molecule has 0 saturated carbocycles. The Balaban J connectivity index is 2.08. The van der Waals surface area contributed by atoms with Gasteiger partial charge in [-0.05, 0) is 22.0 Å². The van der Waals surface area contributed by atoms with E-state index in [0.717, 1.165) is 9.35 Å². The number of carbonyl (C=O) groups excluding carboxylic acids is 1. The first kappa shape index (κ1) is 12.4. The van der Waals surface area contributed by atoms with E-state index in [1.807, 2.05) is 11.4 Å². The summed E-state index contributed by atoms with van der Waals surface area (Å²) in [4.78, 5) is 16.4. The summed E-state index contributed by atoms with van der Waals surface area (Å²) >= 11 is 4.85. The topological polar surface area (TPSA) is 65.2 Å². The van der Waals surface area contributed by atoms with Gasteiger partial charge in [-0.15, -0.1) is 11.3 Å². The predicted molar refractivity (Wildman–Crippen MR) is 65.9 cm³/mol. The maximum absolute atomic E-state index is 11.3. The molecule has 0 aliphatic carbocycles. The van der Waals surface area contributed by atoms with E-state index >= 15 is 0 Å². The zero-order valence-electron chi connectivity index (χ0n) is 8.97. The molecule has 5 nitrogen and oxygen atoms in total. The van der Waals surface area contributed by atoms with Gasteiger partial charge < -0.3 is 9.26 Å². The van der Waals surface area contributed by atoms with Crippen molar-refractivity contribution in [2.75, 3.05) is 13.7 Å². The van der Waals surface area contributed by atoms with Crippen LogP contribution in [-0.2, 0) is 16.0 Å². The van der Waals surface area contributed by atoms with E-state index in [4.69, 9.17) is 9.26 Å². The van der Waals surface area contributed by atoms with E-state index in [2.05, 4.69) is 26.1 Å². The van der Waals surface area contributed by atoms with Gasteiger partial charge in [0, 0.05) is 17.0 Å². The summed E-state index contributed by atoms with van der Waals surface area (Å²) in [5, 5.41) is 5.76. The molecule has 0 aromatic carbocycles. The highest BCUT2D eigenvalue weighted by molar-refractivity contribution is 9.10. The molecule has 2 aromatic heterocycles. The first-order valence-corrected chi connectivity index (χ1v) is 6.44. The average Bonchev–Trinajstić information content (AvgIpc) is 2.87. The lowest BCUT2D eigenvalue weighted by atomic mass is 10.3. The molecule has 2 aromatic rings. The molecule has 0 aliphatic rings. The molecule has 0 saturated heterocycles. The number of aromatic nitrogens is 2. The fourth-order valence-electron chi connectivity index (χ4n) is 1.24. The van der Waals surface area contributed by atoms with Gasteiger partial charge in [0.05, 0.1) is 11.3 Å². The minimum atomic E-state index is -0.0879. The van der Waals surface area contributed by atoms with Crippen LogP contribution in [0.3, 0.4) is 0 Å². The molecule has 0 unspecified atom stereocenters. The summed E-state index contributed by atoms with van der Waals surface area (Å²) in [7, 11) is 1.47. The van der Waals surface area contributed by atoms with Gasteiger partial charge in [-0.25, -0.2) is 0 Å². The van der Waals surface area contributed by atoms with Crippen molar-refractivity contribution in [1.29, 1.82) is 0 Å². The number of ether oxygens (including phenoxy) is 1. The third kappa shape index (κ3) is 3.21. The summed E-state index contributed by atoms with van der Waals surface area (Å²) in [5.74, 6) is 0.725. The lowest BCUT2D eigenvalue weighted by Gasteiger charge is -1.93. The summed E-state index contributed by atoms with van der Waals surface area (Å²) in [6, 6.07) is 1.90. The minimum Gasteiger partial charge on any atom is -0.377 e. The fourth-order valence-corrected chi connectivity index (χ4v) is 2.59. The molecule has 0 radical (unpaired) electrons. The molecule has 0 amide bonds. The molecule has 2 rings (SSSR count). The molecular formula is C10H9BrN2O3S. The van der Waals surface area contributed by atoms with Crippen molar-refractivity contribution in [1.82, 2.24) is 10.1 Å². The Morgan fingerprint density at radius 2 is 2.47 bits per heavy atom. The second kappa shape index (κ2) is 5.52. The van der Waals surface area contributed by atoms with Gasteiger partial charge in [0.15, 0.2) is 5.78 Å². The Kier molecular flexibility index (Phi) is 4.03. The monoisotopic (exact) mass is 316 g/mol. The number of methoxy groups -OCH3 is 1. The molecule has 0 aliphatic heterocycles. The van der Waals surface area contributed by atoms with E-state index in [-0.39, 0.29) is 18.8 Å². The lowest BCUT2D eigenvalue weighted by Crippen LogP contribution is -2.09. The molecule has 0 bridgehead atoms. The minimum absolute atomic E-state index is 0.0578. The SMILES string of the molecule is COCC(=O)Cc1nc(-c2cc(Br)cs2)no1. The van der Waals surface area contributed by atoms with E-state index in [0.29, 0.717) is 11.7 Å². The first-order chi connectivity index (χ1) is 8.19. The van der Waals surface area contributed by atoms with Gasteiger partial charge in [0.25, 0.3) is 0 Å². The van der Waals surface area contributed by atoms with Crippen molar-refractivity contribution in [2.45, 2.75) is 6.42 Å². The van der Waals surface area contributed by atoms with Crippen molar-refractivity contribution in [2.24, 2.45) is 0 Å². The zero-order chi connectivity index (χ0) is 12.3. The summed E-state index contributed by atoms with van der Waals surface area (Å²) in [6.45, 7) is 0.0578. The number of ketones is 1. The van der Waals surface area contributed by atoms with Gasteiger partial charge >= 0.3 is 0 Å². The summed E-state index contributed by atoms with van der Waals surface area (Å²) < 4.78 is 10.7. The number of rotatable bonds is 5. The quantitative estimate of drug-likeness (QED) is 0.847. The maximum Gasteiger partial charge on any atom is 0.234 e. The molecule has 0 N–H and O–H groups in total. The number of hydrogen-bond donors (Lipinski definition) is 0. The number of Topliss-reactive ketones (excluding diaryl/α,β-unsaturated/α-hetero) is 1. The maximum atomic E-state index is 11.3. The standard InChI is InChI=1S/C10H9BrN2O3S/c1-15-4-7(14)3-9-12-10(13-16-9)8-2-6(11)5-17-8/h2,5H,3-4H2,1H3. The third-order valence-corrected chi connectivity index (χ3v) is 3.60. The van der Waals surface area contributed by atoms with E-state index < -0.39 is 0 Å². The van der Waals surface area contributed by atoms with Crippen molar-refractivity contribution in [3.63, 3.8) is 0 Å². The lowest BCUT2D eigenvalue weighted by molar-refractivity contribution is -0.122. The van der Waals surface area contributed by atoms with Crippen LogP contribution in [0.5, 0.6) is 0 Å². The van der Waals surface area contributed by atoms with Crippen LogP contribution in [0.15, 0.2) is 20.4 Å². The second-order valence-electron chi connectivity index (χ2n) is 3.29. The van der Waals surface area contributed by atoms with Crippen molar-refractivity contribution < 1.29 is 14.1 Å². The summed E-state index contributed by atoms with van der Waals surface area (Å²) in [6.07, 6.45) is 0.105.